The second kappa shape index (κ2) is 45.7. The molecule has 3 aliphatic rings. The van der Waals surface area contributed by atoms with Gasteiger partial charge in [-0.15, -0.1) is 0 Å². The third-order valence-corrected chi connectivity index (χ3v) is 19.8. The number of benzene rings is 1. The number of hydrogen-bond donors (Lipinski definition) is 15. The van der Waals surface area contributed by atoms with E-state index in [0.29, 0.717) is 103 Å². The molecule has 1 saturated heterocycles. The topological polar surface area (TPSA) is 526 Å². The maximum absolute atomic E-state index is 15.3. The van der Waals surface area contributed by atoms with E-state index < -0.39 is 206 Å². The van der Waals surface area contributed by atoms with Gasteiger partial charge >= 0.3 is 5.97 Å². The van der Waals surface area contributed by atoms with Crippen molar-refractivity contribution in [1.29, 1.82) is 0 Å². The summed E-state index contributed by atoms with van der Waals surface area (Å²) in [5.74, 6) is -15.5. The zero-order chi connectivity index (χ0) is 75.5. The van der Waals surface area contributed by atoms with Crippen molar-refractivity contribution in [2.24, 2.45) is 41.1 Å². The van der Waals surface area contributed by atoms with Crippen LogP contribution in [0.15, 0.2) is 29.1 Å². The van der Waals surface area contributed by atoms with Gasteiger partial charge in [-0.25, -0.2) is 0 Å². The number of thioether (sulfide) groups is 1. The van der Waals surface area contributed by atoms with Crippen molar-refractivity contribution in [3.8, 4) is 5.75 Å². The minimum absolute atomic E-state index is 0.0840. The zero-order valence-corrected chi connectivity index (χ0v) is 60.3. The second-order valence-electron chi connectivity index (χ2n) is 25.2. The van der Waals surface area contributed by atoms with Crippen LogP contribution >= 0.6 is 11.8 Å². The van der Waals surface area contributed by atoms with Crippen molar-refractivity contribution in [1.82, 2.24) is 47.1 Å². The normalized spacial score (nSPS) is 22.7. The Balaban J connectivity index is 1.19. The Morgan fingerprint density at radius 2 is 1.38 bits per heavy atom. The SMILES string of the molecule is CC[C@H](C)[C@@H]1CC(=O)CNC(=O)[C@H]2CC(=O)[C@H]([C@@H](C)[C@@H](O)CO)NC(=O)[C@@H]3C[C@@H](O)CN3C(=O)[C@H](CC(N)=O)NC(=O)C(CS(=O)c3[nH]c4c(CSCCOCCOCCOCCOCCOCCOCCOCCN/C=C(\N)CNC(=O)CC(C)C(=O)O)c(O)ccc4c3C2)NC(=O)CNC1=O. The third-order valence-electron chi connectivity index (χ3n) is 17.4. The molecule has 0 radical (unpaired) electrons. The Morgan fingerprint density at radius 3 is 1.97 bits per heavy atom. The van der Waals surface area contributed by atoms with Crippen LogP contribution in [-0.2, 0) is 109 Å². The number of aromatic amines is 1. The quantitative estimate of drug-likeness (QED) is 0.0286. The van der Waals surface area contributed by atoms with Gasteiger partial charge in [0, 0.05) is 90.9 Å². The van der Waals surface area contributed by atoms with Gasteiger partial charge in [-0.2, -0.15) is 11.8 Å². The van der Waals surface area contributed by atoms with Gasteiger partial charge in [0.2, 0.25) is 47.3 Å². The maximum Gasteiger partial charge on any atom is 0.306 e. The highest BCUT2D eigenvalue weighted by atomic mass is 32.2. The first-order valence-corrected chi connectivity index (χ1v) is 36.8. The number of nitrogens with one attached hydrogen (secondary N) is 8. The number of primary amides is 1. The molecule has 3 unspecified atom stereocenters. The number of ketones is 2. The average molecular weight is 1500 g/mol. The van der Waals surface area contributed by atoms with Gasteiger partial charge in [-0.1, -0.05) is 34.1 Å². The number of nitrogens with zero attached hydrogens (tertiary/aromatic N) is 1. The Hall–Kier alpha value is -7.43. The van der Waals surface area contributed by atoms with Crippen LogP contribution in [0.3, 0.4) is 0 Å². The van der Waals surface area contributed by atoms with Crippen molar-refractivity contribution < 1.29 is 116 Å². The minimum atomic E-state index is -2.45. The molecule has 3 aliphatic heterocycles. The Kier molecular flexibility index (Phi) is 38.3. The van der Waals surface area contributed by atoms with Gasteiger partial charge in [0.05, 0.1) is 171 Å². The number of carboxylic acid groups (broad SMARTS) is 1. The van der Waals surface area contributed by atoms with Crippen LogP contribution in [0.1, 0.15) is 77.3 Å². The number of aliphatic hydroxyl groups is 3. The van der Waals surface area contributed by atoms with E-state index in [9.17, 15) is 73.2 Å². The molecule has 2 aromatic rings. The predicted molar refractivity (Wildman–Crippen MR) is 371 cm³/mol. The van der Waals surface area contributed by atoms with E-state index in [1.54, 1.807) is 20.0 Å². The van der Waals surface area contributed by atoms with Crippen molar-refractivity contribution in [3.05, 3.63) is 35.2 Å². The lowest BCUT2D eigenvalue weighted by Gasteiger charge is -2.32. The highest BCUT2D eigenvalue weighted by molar-refractivity contribution is 7.98. The largest absolute Gasteiger partial charge is 0.508 e. The summed E-state index contributed by atoms with van der Waals surface area (Å²) in [5.41, 5.74) is 12.5. The third kappa shape index (κ3) is 29.2. The van der Waals surface area contributed by atoms with Crippen molar-refractivity contribution in [2.45, 2.75) is 120 Å². The molecule has 5 rings (SSSR count). The summed E-state index contributed by atoms with van der Waals surface area (Å²) in [6.45, 7) is 8.68. The van der Waals surface area contributed by atoms with E-state index in [0.717, 1.165) is 4.90 Å². The molecule has 0 saturated carbocycles. The van der Waals surface area contributed by atoms with Crippen LogP contribution in [0.25, 0.3) is 10.9 Å². The molecule has 37 heteroatoms. The molecule has 103 heavy (non-hydrogen) atoms. The number of nitrogens with two attached hydrogens (primary N) is 2. The van der Waals surface area contributed by atoms with Crippen LogP contribution in [0.2, 0.25) is 0 Å². The summed E-state index contributed by atoms with van der Waals surface area (Å²) < 4.78 is 54.3. The van der Waals surface area contributed by atoms with E-state index in [4.69, 9.17) is 49.7 Å². The number of rotatable bonds is 39. The fourth-order valence-electron chi connectivity index (χ4n) is 11.3. The number of carbonyl (C=O) groups excluding carboxylic acids is 10. The van der Waals surface area contributed by atoms with Crippen molar-refractivity contribution >= 4 is 98.3 Å². The van der Waals surface area contributed by atoms with E-state index in [1.807, 2.05) is 0 Å². The van der Waals surface area contributed by atoms with E-state index >= 15 is 4.21 Å². The van der Waals surface area contributed by atoms with Gasteiger partial charge in [0.1, 0.15) is 28.9 Å². The maximum atomic E-state index is 15.3. The van der Waals surface area contributed by atoms with Crippen LogP contribution in [-0.4, -0.2) is 284 Å². The average Bonchev–Trinajstić information content (AvgIpc) is 1.62. The van der Waals surface area contributed by atoms with Gasteiger partial charge < -0.3 is 117 Å². The van der Waals surface area contributed by atoms with Gasteiger partial charge in [-0.3, -0.25) is 56.9 Å². The summed E-state index contributed by atoms with van der Waals surface area (Å²) in [5, 5.41) is 70.6. The number of H-pyrrole nitrogens is 1. The van der Waals surface area contributed by atoms with Crippen LogP contribution in [0.5, 0.6) is 5.75 Å². The predicted octanol–water partition coefficient (Wildman–Crippen LogP) is -3.77. The number of Topliss-reactive ketones (excluding diaryl/α,β-unsaturated/α-hetero) is 2. The second-order valence-corrected chi connectivity index (χ2v) is 27.8. The molecule has 35 nitrogen and oxygen atoms in total. The molecule has 2 bridgehead atoms. The number of carbonyl (C=O) groups is 11. The van der Waals surface area contributed by atoms with E-state index in [1.165, 1.54) is 37.7 Å². The molecule has 12 atom stereocenters. The van der Waals surface area contributed by atoms with Gasteiger partial charge in [0.25, 0.3) is 0 Å². The monoisotopic (exact) mass is 1500 g/mol. The highest BCUT2D eigenvalue weighted by Crippen LogP contribution is 2.37. The van der Waals surface area contributed by atoms with Crippen LogP contribution in [0.4, 0.5) is 0 Å². The molecule has 1 aromatic carbocycles. The molecule has 0 aliphatic carbocycles. The number of aromatic nitrogens is 1. The summed E-state index contributed by atoms with van der Waals surface area (Å²) >= 11 is 1.35. The summed E-state index contributed by atoms with van der Waals surface area (Å²) in [7, 11) is -2.45. The number of carboxylic acids is 1. The number of aromatic hydroxyl groups is 1. The first-order valence-electron chi connectivity index (χ1n) is 34.3. The standard InChI is InChI=1S/C66H103N11O24S2/c1-5-38(2)46-27-43(79)32-71-60(87)41-25-47-45-6-7-52(81)48(36-102-23-22-101-21-20-100-19-18-99-17-16-98-15-14-97-13-12-96-11-10-95-9-8-69-30-42(67)31-70-56(85)24-39(3)66(92)93)59(45)76-64(47)103(94)37-50(73-57(86)33-72-61(46)88)62(89)74-49(29-55(68)84)65(91)77-34-44(80)28-51(77)63(90)75-58(53(82)26-41)40(4)54(83)35-78/h6-7,30,38-41,44,46,49-51,54,58,69,76,78,80-81,83H,5,8-29,31-37,67H2,1-4H3,(H2,68,84)(H,70,85)(H,71,87)(H,72,88)(H,73,86)(H,74,89)(H,75,90)(H,92,93)/b42-30-/t38-,39?,40-,41+,44+,46-,49-,50?,51-,54-,58-,103?/m0/s1. The van der Waals surface area contributed by atoms with E-state index in [2.05, 4.69) is 42.2 Å². The highest BCUT2D eigenvalue weighted by Gasteiger charge is 2.45. The lowest BCUT2D eigenvalue weighted by molar-refractivity contribution is -0.144. The lowest BCUT2D eigenvalue weighted by atomic mass is 9.85. The van der Waals surface area contributed by atoms with Crippen molar-refractivity contribution in [3.63, 3.8) is 0 Å². The van der Waals surface area contributed by atoms with Gasteiger partial charge in [0.15, 0.2) is 11.6 Å². The number of phenols is 1. The van der Waals surface area contributed by atoms with Crippen LogP contribution < -0.4 is 48.7 Å². The minimum Gasteiger partial charge on any atom is -0.508 e. The first kappa shape index (κ1) is 86.2. The molecule has 1 fully saturated rings. The van der Waals surface area contributed by atoms with E-state index in [-0.39, 0.29) is 65.8 Å². The first-order chi connectivity index (χ1) is 49.2. The molecule has 4 heterocycles. The Labute approximate surface area is 603 Å². The molecule has 17 N–H and O–H groups in total. The number of fused-ring (bicyclic) bond motifs is 5. The lowest BCUT2D eigenvalue weighted by Crippen LogP contribution is -2.60. The molecular weight excluding hydrogens is 1390 g/mol. The molecule has 578 valence electrons. The smallest absolute Gasteiger partial charge is 0.306 e. The number of amides is 8. The molecular formula is C66H103N11O24S2. The zero-order valence-electron chi connectivity index (χ0n) is 58.7. The number of hydrogen-bond acceptors (Lipinski definition) is 26. The summed E-state index contributed by atoms with van der Waals surface area (Å²) in [6.07, 6.45) is -4.11. The number of phenolic OH excluding ortho intramolecular Hbond substituents is 1. The molecule has 8 amide bonds. The molecule has 1 aromatic heterocycles. The Bertz CT molecular complexity index is 3220. The molecule has 0 spiro atoms. The number of aliphatic hydroxyl groups excluding tert-OH is 3. The Morgan fingerprint density at radius 1 is 0.777 bits per heavy atom. The fourth-order valence-corrected chi connectivity index (χ4v) is 13.5. The number of ether oxygens (including phenoxy) is 7. The van der Waals surface area contributed by atoms with Gasteiger partial charge in [-0.05, 0) is 30.0 Å². The summed E-state index contributed by atoms with van der Waals surface area (Å²) in [4.78, 5) is 154. The number of aliphatic carboxylic acids is 1. The fraction of sp³-hybridized carbons (Fsp3) is 0.682. The summed E-state index contributed by atoms with van der Waals surface area (Å²) in [6, 6.07) is -4.17. The van der Waals surface area contributed by atoms with Crippen molar-refractivity contribution in [2.75, 3.05) is 143 Å². The van der Waals surface area contributed by atoms with Crippen LogP contribution in [0, 0.1) is 29.6 Å².